The first kappa shape index (κ1) is 24.4. The minimum Gasteiger partial charge on any atom is -0.362 e. The molecule has 0 aliphatic carbocycles. The molecule has 0 saturated carbocycles. The molecule has 1 heterocycles. The summed E-state index contributed by atoms with van der Waals surface area (Å²) >= 11 is 0. The molecule has 3 amide bonds. The Bertz CT molecular complexity index is 896. The summed E-state index contributed by atoms with van der Waals surface area (Å²) in [4.78, 5) is 42.5. The Morgan fingerprint density at radius 1 is 1.09 bits per heavy atom. The number of hydrogen-bond acceptors (Lipinski definition) is 6. The van der Waals surface area contributed by atoms with Crippen molar-refractivity contribution in [1.82, 2.24) is 15.4 Å². The van der Waals surface area contributed by atoms with Crippen LogP contribution in [0, 0.1) is 0 Å². The summed E-state index contributed by atoms with van der Waals surface area (Å²) in [6.45, 7) is 0.340. The number of nitrogens with zero attached hydrogens (tertiary/aromatic N) is 2. The van der Waals surface area contributed by atoms with Crippen molar-refractivity contribution in [2.24, 2.45) is 0 Å². The van der Waals surface area contributed by atoms with Crippen molar-refractivity contribution < 1.29 is 29.2 Å². The molecule has 0 unspecified atom stereocenters. The zero-order chi connectivity index (χ0) is 23.5. The summed E-state index contributed by atoms with van der Waals surface area (Å²) in [5.41, 5.74) is 1.72. The Morgan fingerprint density at radius 3 is 2.36 bits per heavy atom. The van der Waals surface area contributed by atoms with E-state index >= 15 is 0 Å². The van der Waals surface area contributed by atoms with Gasteiger partial charge in [-0.3, -0.25) is 24.4 Å². The maximum absolute atomic E-state index is 13.0. The summed E-state index contributed by atoms with van der Waals surface area (Å²) in [6.07, 6.45) is 1.14. The fraction of sp³-hybridized carbons (Fsp3) is 0.375. The van der Waals surface area contributed by atoms with Gasteiger partial charge in [0.15, 0.2) is 6.10 Å². The summed E-state index contributed by atoms with van der Waals surface area (Å²) in [6, 6.07) is 17.8. The Morgan fingerprint density at radius 2 is 1.73 bits per heavy atom. The number of hydrogen-bond donors (Lipinski definition) is 2. The van der Waals surface area contributed by atoms with Gasteiger partial charge in [0.2, 0.25) is 6.41 Å². The van der Waals surface area contributed by atoms with Crippen LogP contribution in [0.2, 0.25) is 0 Å². The van der Waals surface area contributed by atoms with Gasteiger partial charge in [0.25, 0.3) is 11.8 Å². The molecule has 2 atom stereocenters. The highest BCUT2D eigenvalue weighted by molar-refractivity contribution is 5.89. The van der Waals surface area contributed by atoms with E-state index in [4.69, 9.17) is 9.57 Å². The second-order valence-electron chi connectivity index (χ2n) is 7.77. The fourth-order valence-corrected chi connectivity index (χ4v) is 3.43. The summed E-state index contributed by atoms with van der Waals surface area (Å²) in [5.74, 6) is -1.12. The van der Waals surface area contributed by atoms with Crippen LogP contribution < -0.4 is 5.32 Å². The minimum atomic E-state index is -1.09. The van der Waals surface area contributed by atoms with Crippen LogP contribution in [0.1, 0.15) is 30.4 Å². The molecule has 0 radical (unpaired) electrons. The monoisotopic (exact) mass is 455 g/mol. The number of amides is 3. The molecule has 2 aromatic rings. The van der Waals surface area contributed by atoms with Crippen molar-refractivity contribution in [2.45, 2.75) is 44.6 Å². The zero-order valence-electron chi connectivity index (χ0n) is 18.3. The second kappa shape index (κ2) is 12.7. The van der Waals surface area contributed by atoms with Crippen molar-refractivity contribution in [3.8, 4) is 0 Å². The third-order valence-electron chi connectivity index (χ3n) is 5.27. The predicted molar refractivity (Wildman–Crippen MR) is 118 cm³/mol. The summed E-state index contributed by atoms with van der Waals surface area (Å²) in [7, 11) is 0. The fourth-order valence-electron chi connectivity index (χ4n) is 3.43. The normalized spacial score (nSPS) is 17.2. The Kier molecular flexibility index (Phi) is 9.37. The molecule has 1 fully saturated rings. The molecule has 2 N–H and O–H groups in total. The van der Waals surface area contributed by atoms with Gasteiger partial charge in [-0.1, -0.05) is 60.7 Å². The maximum atomic E-state index is 13.0. The minimum absolute atomic E-state index is 0.134. The molecule has 1 saturated heterocycles. The molecule has 9 nitrogen and oxygen atoms in total. The average molecular weight is 456 g/mol. The number of carbonyl (C=O) groups excluding carboxylic acids is 3. The quantitative estimate of drug-likeness (QED) is 0.305. The zero-order valence-corrected chi connectivity index (χ0v) is 18.3. The number of carbonyl (C=O) groups is 3. The van der Waals surface area contributed by atoms with Crippen LogP contribution in [0.5, 0.6) is 0 Å². The van der Waals surface area contributed by atoms with E-state index in [0.717, 1.165) is 16.2 Å². The van der Waals surface area contributed by atoms with Crippen molar-refractivity contribution in [3.05, 3.63) is 71.8 Å². The van der Waals surface area contributed by atoms with Gasteiger partial charge >= 0.3 is 0 Å². The van der Waals surface area contributed by atoms with Gasteiger partial charge < -0.3 is 10.1 Å². The van der Waals surface area contributed by atoms with Gasteiger partial charge in [0.1, 0.15) is 12.6 Å². The molecule has 33 heavy (non-hydrogen) atoms. The molecule has 176 valence electrons. The van der Waals surface area contributed by atoms with Crippen LogP contribution in [-0.2, 0) is 37.2 Å². The second-order valence-corrected chi connectivity index (χ2v) is 7.77. The molecule has 0 aromatic heterocycles. The molecule has 9 heteroatoms. The summed E-state index contributed by atoms with van der Waals surface area (Å²) < 4.78 is 5.83. The Hall–Kier alpha value is -3.27. The van der Waals surface area contributed by atoms with E-state index in [1.807, 2.05) is 60.7 Å². The first-order chi connectivity index (χ1) is 16.1. The highest BCUT2D eigenvalue weighted by atomic mass is 16.7. The number of hydroxylamine groups is 4. The van der Waals surface area contributed by atoms with Crippen LogP contribution in [-0.4, -0.2) is 58.8 Å². The molecule has 1 aliphatic rings. The average Bonchev–Trinajstić information content (AvgIpc) is 3.00. The SMILES string of the molecule is O=CN(C[C@@H](OCc1ccccc1)C(=O)N[C@H]1CCCCN(O)C1=O)OCc1ccccc1. The lowest BCUT2D eigenvalue weighted by atomic mass is 10.1. The van der Waals surface area contributed by atoms with E-state index in [9.17, 15) is 19.6 Å². The highest BCUT2D eigenvalue weighted by Gasteiger charge is 2.31. The van der Waals surface area contributed by atoms with E-state index in [0.29, 0.717) is 30.7 Å². The lowest BCUT2D eigenvalue weighted by Crippen LogP contribution is -2.52. The third kappa shape index (κ3) is 7.67. The lowest BCUT2D eigenvalue weighted by molar-refractivity contribution is -0.189. The first-order valence-electron chi connectivity index (χ1n) is 10.9. The van der Waals surface area contributed by atoms with Gasteiger partial charge in [-0.05, 0) is 30.4 Å². The van der Waals surface area contributed by atoms with Crippen molar-refractivity contribution in [1.29, 1.82) is 0 Å². The van der Waals surface area contributed by atoms with E-state index in [1.54, 1.807) is 0 Å². The standard InChI is InChI=1S/C24H29N3O6/c28-18-26(33-17-20-11-5-2-6-12-20)15-22(32-16-19-9-3-1-4-10-19)23(29)25-21-13-7-8-14-27(31)24(21)30/h1-6,9-12,18,21-22,31H,7-8,13-17H2,(H,25,29)/t21-,22+/m0/s1. The van der Waals surface area contributed by atoms with Crippen molar-refractivity contribution in [2.75, 3.05) is 13.1 Å². The topological polar surface area (TPSA) is 108 Å². The summed E-state index contributed by atoms with van der Waals surface area (Å²) in [5, 5.41) is 14.1. The third-order valence-corrected chi connectivity index (χ3v) is 5.27. The Balaban J connectivity index is 1.66. The largest absolute Gasteiger partial charge is 0.362 e. The van der Waals surface area contributed by atoms with Crippen LogP contribution in [0.3, 0.4) is 0 Å². The number of benzene rings is 2. The predicted octanol–water partition coefficient (Wildman–Crippen LogP) is 2.05. The maximum Gasteiger partial charge on any atom is 0.268 e. The van der Waals surface area contributed by atoms with E-state index in [1.165, 1.54) is 0 Å². The number of ether oxygens (including phenoxy) is 1. The highest BCUT2D eigenvalue weighted by Crippen LogP contribution is 2.12. The van der Waals surface area contributed by atoms with Gasteiger partial charge in [-0.2, -0.15) is 0 Å². The molecular formula is C24H29N3O6. The van der Waals surface area contributed by atoms with Crippen LogP contribution in [0.4, 0.5) is 0 Å². The van der Waals surface area contributed by atoms with Crippen molar-refractivity contribution >= 4 is 18.2 Å². The molecule has 1 aliphatic heterocycles. The van der Waals surface area contributed by atoms with Gasteiger partial charge in [-0.15, -0.1) is 0 Å². The van der Waals surface area contributed by atoms with E-state index in [-0.39, 0.29) is 26.3 Å². The molecule has 3 rings (SSSR count). The smallest absolute Gasteiger partial charge is 0.268 e. The molecule has 0 bridgehead atoms. The number of nitrogens with one attached hydrogen (secondary N) is 1. The first-order valence-corrected chi connectivity index (χ1v) is 10.9. The Labute approximate surface area is 192 Å². The number of rotatable bonds is 11. The van der Waals surface area contributed by atoms with Gasteiger partial charge in [0.05, 0.1) is 13.2 Å². The van der Waals surface area contributed by atoms with E-state index in [2.05, 4.69) is 5.32 Å². The lowest BCUT2D eigenvalue weighted by Gasteiger charge is -2.26. The van der Waals surface area contributed by atoms with Crippen LogP contribution >= 0.6 is 0 Å². The molecule has 0 spiro atoms. The van der Waals surface area contributed by atoms with E-state index < -0.39 is 24.0 Å². The van der Waals surface area contributed by atoms with Gasteiger partial charge in [0, 0.05) is 6.54 Å². The van der Waals surface area contributed by atoms with Crippen LogP contribution in [0.15, 0.2) is 60.7 Å². The molecule has 2 aromatic carbocycles. The van der Waals surface area contributed by atoms with Crippen LogP contribution in [0.25, 0.3) is 0 Å². The molecular weight excluding hydrogens is 426 g/mol. The van der Waals surface area contributed by atoms with Crippen molar-refractivity contribution in [3.63, 3.8) is 0 Å². The van der Waals surface area contributed by atoms with Gasteiger partial charge in [-0.25, -0.2) is 10.1 Å².